The number of carbonyl (C=O) groups excluding carboxylic acids is 2. The predicted molar refractivity (Wildman–Crippen MR) is 98.4 cm³/mol. The number of nitrogens with zero attached hydrogens (tertiary/aromatic N) is 1. The summed E-state index contributed by atoms with van der Waals surface area (Å²) < 4.78 is 0. The average molecular weight is 345 g/mol. The third kappa shape index (κ3) is 5.38. The lowest BCUT2D eigenvalue weighted by atomic mass is 10.2. The van der Waals surface area contributed by atoms with Gasteiger partial charge in [0.15, 0.2) is 0 Å². The minimum absolute atomic E-state index is 0.132. The Kier molecular flexibility index (Phi) is 6.37. The highest BCUT2D eigenvalue weighted by Gasteiger charge is 2.16. The number of aryl methyl sites for hydroxylation is 1. The van der Waals surface area contributed by atoms with Crippen molar-refractivity contribution in [3.05, 3.63) is 52.2 Å². The van der Waals surface area contributed by atoms with Gasteiger partial charge in [-0.25, -0.2) is 4.79 Å². The molecule has 0 saturated carbocycles. The number of amides is 3. The van der Waals surface area contributed by atoms with E-state index in [0.717, 1.165) is 10.6 Å². The SMILES string of the molecule is Cc1ccc(N(CC(=O)NC(=O)NCc2cccs2)C(C)C)cc1. The first-order chi connectivity index (χ1) is 11.5. The minimum Gasteiger partial charge on any atom is -0.360 e. The summed E-state index contributed by atoms with van der Waals surface area (Å²) in [5.74, 6) is -0.326. The summed E-state index contributed by atoms with van der Waals surface area (Å²) in [5.41, 5.74) is 2.13. The fourth-order valence-electron chi connectivity index (χ4n) is 2.25. The molecule has 5 nitrogen and oxygen atoms in total. The third-order valence-electron chi connectivity index (χ3n) is 3.56. The van der Waals surface area contributed by atoms with Gasteiger partial charge in [0, 0.05) is 16.6 Å². The molecule has 1 aromatic heterocycles. The fraction of sp³-hybridized carbons (Fsp3) is 0.333. The highest BCUT2D eigenvalue weighted by Crippen LogP contribution is 2.17. The quantitative estimate of drug-likeness (QED) is 0.844. The van der Waals surface area contributed by atoms with Crippen molar-refractivity contribution < 1.29 is 9.59 Å². The first kappa shape index (κ1) is 18.0. The maximum atomic E-state index is 12.2. The van der Waals surface area contributed by atoms with Crippen molar-refractivity contribution in [1.82, 2.24) is 10.6 Å². The van der Waals surface area contributed by atoms with Gasteiger partial charge in [-0.05, 0) is 44.4 Å². The summed E-state index contributed by atoms with van der Waals surface area (Å²) in [6.07, 6.45) is 0. The van der Waals surface area contributed by atoms with E-state index in [1.807, 2.05) is 67.4 Å². The second-order valence-electron chi connectivity index (χ2n) is 5.87. The second kappa shape index (κ2) is 8.49. The standard InChI is InChI=1S/C18H23N3O2S/c1-13(2)21(15-8-6-14(3)7-9-15)12-17(22)20-18(23)19-11-16-5-4-10-24-16/h4-10,13H,11-12H2,1-3H3,(H2,19,20,22,23). The molecule has 24 heavy (non-hydrogen) atoms. The summed E-state index contributed by atoms with van der Waals surface area (Å²) in [5, 5.41) is 7.02. The molecule has 0 aliphatic rings. The maximum Gasteiger partial charge on any atom is 0.321 e. The van der Waals surface area contributed by atoms with Gasteiger partial charge in [-0.15, -0.1) is 11.3 Å². The van der Waals surface area contributed by atoms with Crippen LogP contribution in [0.2, 0.25) is 0 Å². The van der Waals surface area contributed by atoms with Crippen LogP contribution in [0.1, 0.15) is 24.3 Å². The average Bonchev–Trinajstić information content (AvgIpc) is 3.05. The Morgan fingerprint density at radius 2 is 1.88 bits per heavy atom. The Hall–Kier alpha value is -2.34. The number of carbonyl (C=O) groups is 2. The lowest BCUT2D eigenvalue weighted by Crippen LogP contribution is -2.46. The number of urea groups is 1. The number of anilines is 1. The first-order valence-electron chi connectivity index (χ1n) is 7.89. The number of nitrogens with one attached hydrogen (secondary N) is 2. The Balaban J connectivity index is 1.88. The summed E-state index contributed by atoms with van der Waals surface area (Å²) in [6, 6.07) is 11.5. The molecule has 1 aromatic carbocycles. The van der Waals surface area contributed by atoms with Crippen molar-refractivity contribution in [2.24, 2.45) is 0 Å². The number of hydrogen-bond acceptors (Lipinski definition) is 4. The fourth-order valence-corrected chi connectivity index (χ4v) is 2.90. The van der Waals surface area contributed by atoms with Crippen LogP contribution in [0.15, 0.2) is 41.8 Å². The van der Waals surface area contributed by atoms with Gasteiger partial charge < -0.3 is 10.2 Å². The smallest absolute Gasteiger partial charge is 0.321 e. The molecule has 0 saturated heterocycles. The Bertz CT molecular complexity index is 666. The van der Waals surface area contributed by atoms with E-state index >= 15 is 0 Å². The monoisotopic (exact) mass is 345 g/mol. The Morgan fingerprint density at radius 3 is 2.46 bits per heavy atom. The van der Waals surface area contributed by atoms with E-state index in [4.69, 9.17) is 0 Å². The topological polar surface area (TPSA) is 61.4 Å². The van der Waals surface area contributed by atoms with Gasteiger partial charge >= 0.3 is 6.03 Å². The molecule has 2 aromatic rings. The molecule has 0 bridgehead atoms. The molecule has 0 aliphatic carbocycles. The zero-order valence-corrected chi connectivity index (χ0v) is 15.0. The van der Waals surface area contributed by atoms with Crippen LogP contribution in [0.3, 0.4) is 0 Å². The summed E-state index contributed by atoms with van der Waals surface area (Å²) in [7, 11) is 0. The molecule has 2 rings (SSSR count). The summed E-state index contributed by atoms with van der Waals surface area (Å²) in [4.78, 5) is 27.0. The zero-order valence-electron chi connectivity index (χ0n) is 14.2. The maximum absolute atomic E-state index is 12.2. The Labute approximate surface area is 146 Å². The molecular weight excluding hydrogens is 322 g/mol. The van der Waals surface area contributed by atoms with E-state index in [9.17, 15) is 9.59 Å². The van der Waals surface area contributed by atoms with Gasteiger partial charge in [0.05, 0.1) is 13.1 Å². The van der Waals surface area contributed by atoms with E-state index < -0.39 is 6.03 Å². The Morgan fingerprint density at radius 1 is 1.17 bits per heavy atom. The molecule has 0 radical (unpaired) electrons. The number of benzene rings is 1. The van der Waals surface area contributed by atoms with E-state index in [-0.39, 0.29) is 18.5 Å². The minimum atomic E-state index is -0.471. The normalized spacial score (nSPS) is 10.5. The van der Waals surface area contributed by atoms with Gasteiger partial charge in [-0.3, -0.25) is 10.1 Å². The third-order valence-corrected chi connectivity index (χ3v) is 4.44. The molecule has 0 unspecified atom stereocenters. The van der Waals surface area contributed by atoms with Gasteiger partial charge in [0.2, 0.25) is 5.91 Å². The van der Waals surface area contributed by atoms with Crippen LogP contribution in [0.25, 0.3) is 0 Å². The largest absolute Gasteiger partial charge is 0.360 e. The van der Waals surface area contributed by atoms with Crippen molar-refractivity contribution >= 4 is 29.0 Å². The van der Waals surface area contributed by atoms with Gasteiger partial charge in [0.25, 0.3) is 0 Å². The molecule has 2 N–H and O–H groups in total. The van der Waals surface area contributed by atoms with Crippen LogP contribution in [0.5, 0.6) is 0 Å². The van der Waals surface area contributed by atoms with Crippen LogP contribution >= 0.6 is 11.3 Å². The highest BCUT2D eigenvalue weighted by molar-refractivity contribution is 7.09. The second-order valence-corrected chi connectivity index (χ2v) is 6.90. The van der Waals surface area contributed by atoms with Crippen LogP contribution in [-0.4, -0.2) is 24.5 Å². The van der Waals surface area contributed by atoms with E-state index in [1.165, 1.54) is 5.56 Å². The van der Waals surface area contributed by atoms with E-state index in [1.54, 1.807) is 11.3 Å². The molecule has 128 valence electrons. The van der Waals surface area contributed by atoms with E-state index in [0.29, 0.717) is 6.54 Å². The number of rotatable bonds is 6. The van der Waals surface area contributed by atoms with Gasteiger partial charge in [0.1, 0.15) is 0 Å². The lowest BCUT2D eigenvalue weighted by Gasteiger charge is -2.28. The summed E-state index contributed by atoms with van der Waals surface area (Å²) >= 11 is 1.56. The van der Waals surface area contributed by atoms with Gasteiger partial charge in [-0.1, -0.05) is 23.8 Å². The van der Waals surface area contributed by atoms with Crippen LogP contribution in [0, 0.1) is 6.92 Å². The highest BCUT2D eigenvalue weighted by atomic mass is 32.1. The molecule has 6 heteroatoms. The van der Waals surface area contributed by atoms with Crippen molar-refractivity contribution in [2.45, 2.75) is 33.4 Å². The van der Waals surface area contributed by atoms with Crippen molar-refractivity contribution in [3.8, 4) is 0 Å². The van der Waals surface area contributed by atoms with Crippen molar-refractivity contribution in [2.75, 3.05) is 11.4 Å². The number of thiophene rings is 1. The zero-order chi connectivity index (χ0) is 17.5. The van der Waals surface area contributed by atoms with Crippen LogP contribution < -0.4 is 15.5 Å². The number of hydrogen-bond donors (Lipinski definition) is 2. The van der Waals surface area contributed by atoms with Crippen LogP contribution in [-0.2, 0) is 11.3 Å². The molecule has 0 fully saturated rings. The number of imide groups is 1. The lowest BCUT2D eigenvalue weighted by molar-refractivity contribution is -0.118. The molecular formula is C18H23N3O2S. The van der Waals surface area contributed by atoms with E-state index in [2.05, 4.69) is 10.6 Å². The van der Waals surface area contributed by atoms with Gasteiger partial charge in [-0.2, -0.15) is 0 Å². The van der Waals surface area contributed by atoms with Crippen molar-refractivity contribution in [1.29, 1.82) is 0 Å². The molecule has 0 aliphatic heterocycles. The van der Waals surface area contributed by atoms with Crippen LogP contribution in [0.4, 0.5) is 10.5 Å². The molecule has 0 atom stereocenters. The van der Waals surface area contributed by atoms with Crippen molar-refractivity contribution in [3.63, 3.8) is 0 Å². The summed E-state index contributed by atoms with van der Waals surface area (Å²) in [6.45, 7) is 6.61. The predicted octanol–water partition coefficient (Wildman–Crippen LogP) is 3.30. The first-order valence-corrected chi connectivity index (χ1v) is 8.77. The molecule has 1 heterocycles. The molecule has 0 spiro atoms. The molecule has 3 amide bonds.